The van der Waals surface area contributed by atoms with E-state index in [-0.39, 0.29) is 0 Å². The van der Waals surface area contributed by atoms with Crippen molar-refractivity contribution in [2.24, 2.45) is 0 Å². The molecule has 35 valence electrons. The Kier molecular flexibility index (Phi) is 1.13. The maximum absolute atomic E-state index is 9.80. The number of nitrogens with zero attached hydrogens (tertiary/aromatic N) is 1. The minimum atomic E-state index is 0.694. The lowest BCUT2D eigenvalue weighted by Gasteiger charge is -2.02. The van der Waals surface area contributed by atoms with Gasteiger partial charge in [0.05, 0.1) is 0 Å². The van der Waals surface area contributed by atoms with Crippen molar-refractivity contribution < 1.29 is 4.79 Å². The molecule has 1 aliphatic heterocycles. The number of rotatable bonds is 1. The normalized spacial score (nSPS) is 16.9. The van der Waals surface area contributed by atoms with Gasteiger partial charge in [-0.2, -0.15) is 0 Å². The van der Waals surface area contributed by atoms with Crippen LogP contribution in [0.2, 0.25) is 0 Å². The van der Waals surface area contributed by atoms with Crippen LogP contribution < -0.4 is 5.34 Å². The predicted molar refractivity (Wildman–Crippen MR) is 25.9 cm³/mol. The summed E-state index contributed by atoms with van der Waals surface area (Å²) in [4.78, 5) is 9.80. The molecule has 0 saturated heterocycles. The van der Waals surface area contributed by atoms with Gasteiger partial charge in [-0.25, -0.2) is 0 Å². The van der Waals surface area contributed by atoms with Crippen molar-refractivity contribution in [1.29, 1.82) is 0 Å². The highest BCUT2D eigenvalue weighted by molar-refractivity contribution is 6.39. The zero-order valence-electron chi connectivity index (χ0n) is 3.66. The molecule has 1 rings (SSSR count). The monoisotopic (exact) mass is 95.0 g/mol. The Morgan fingerprint density at radius 1 is 1.86 bits per heavy atom. The van der Waals surface area contributed by atoms with Crippen molar-refractivity contribution >= 4 is 13.8 Å². The van der Waals surface area contributed by atoms with Gasteiger partial charge in [-0.3, -0.25) is 15.1 Å². The van der Waals surface area contributed by atoms with E-state index in [1.165, 1.54) is 5.01 Å². The number of nitrogens with one attached hydrogen (secondary N) is 1. The molecule has 7 heavy (non-hydrogen) atoms. The summed E-state index contributed by atoms with van der Waals surface area (Å²) in [7, 11) is 1.68. The Morgan fingerprint density at radius 3 is 3.00 bits per heavy atom. The fourth-order valence-corrected chi connectivity index (χ4v) is 0.373. The number of amides is 1. The summed E-state index contributed by atoms with van der Waals surface area (Å²) in [5.41, 5.74) is 0. The summed E-state index contributed by atoms with van der Waals surface area (Å²) >= 11 is 0. The van der Waals surface area contributed by atoms with Crippen molar-refractivity contribution in [3.63, 3.8) is 0 Å². The number of hydrogen-bond acceptors (Lipinski definition) is 2. The van der Waals surface area contributed by atoms with Gasteiger partial charge in [0.25, 0.3) is 7.41 Å². The molecule has 1 N–H and O–H groups in total. The van der Waals surface area contributed by atoms with Gasteiger partial charge in [-0.05, 0) is 0 Å². The molecule has 1 amide bonds. The molecule has 0 unspecified atom stereocenters. The fourth-order valence-electron chi connectivity index (χ4n) is 0.373. The van der Waals surface area contributed by atoms with E-state index in [1.807, 2.05) is 0 Å². The summed E-state index contributed by atoms with van der Waals surface area (Å²) in [6.07, 6.45) is 2.33. The van der Waals surface area contributed by atoms with Crippen molar-refractivity contribution in [2.75, 3.05) is 0 Å². The molecule has 1 radical (unpaired) electrons. The quantitative estimate of drug-likeness (QED) is 0.336. The topological polar surface area (TPSA) is 32.3 Å². The molecule has 0 fully saturated rings. The molecule has 3 nitrogen and oxygen atoms in total. The molecule has 4 heteroatoms. The van der Waals surface area contributed by atoms with Crippen LogP contribution in [0.5, 0.6) is 0 Å². The van der Waals surface area contributed by atoms with Crippen LogP contribution >= 0.6 is 0 Å². The third-order valence-electron chi connectivity index (χ3n) is 0.680. The Hall–Kier alpha value is -0.765. The number of hydrogen-bond donors (Lipinski definition) is 1. The molecule has 0 aliphatic carbocycles. The highest BCUT2D eigenvalue weighted by Gasteiger charge is 1.98. The highest BCUT2D eigenvalue weighted by Crippen LogP contribution is 1.82. The van der Waals surface area contributed by atoms with E-state index in [9.17, 15) is 4.79 Å². The van der Waals surface area contributed by atoms with Crippen LogP contribution in [0.3, 0.4) is 0 Å². The first-order chi connectivity index (χ1) is 3.43. The Balaban J connectivity index is 2.42. The van der Waals surface area contributed by atoms with Gasteiger partial charge in [-0.15, -0.1) is 0 Å². The second-order valence-electron chi connectivity index (χ2n) is 1.15. The zero-order valence-corrected chi connectivity index (χ0v) is 3.66. The van der Waals surface area contributed by atoms with E-state index in [2.05, 4.69) is 5.34 Å². The van der Waals surface area contributed by atoms with Crippen molar-refractivity contribution in [2.45, 2.75) is 0 Å². The van der Waals surface area contributed by atoms with E-state index in [1.54, 1.807) is 19.6 Å². The molecule has 0 aromatic rings. The van der Waals surface area contributed by atoms with Gasteiger partial charge in [0, 0.05) is 6.20 Å². The lowest BCUT2D eigenvalue weighted by Crippen LogP contribution is -2.28. The molecule has 1 heterocycles. The minimum absolute atomic E-state index is 0.694. The Labute approximate surface area is 42.2 Å². The van der Waals surface area contributed by atoms with Crippen LogP contribution in [-0.2, 0) is 4.79 Å². The molecule has 1 aliphatic rings. The van der Waals surface area contributed by atoms with Crippen LogP contribution in [-0.4, -0.2) is 18.8 Å². The molecular weight excluding hydrogens is 90.9 g/mol. The summed E-state index contributed by atoms with van der Waals surface area (Å²) in [6.45, 7) is 0. The molecule has 0 saturated carbocycles. The summed E-state index contributed by atoms with van der Waals surface area (Å²) in [6, 6.07) is 0. The lowest BCUT2D eigenvalue weighted by molar-refractivity contribution is -0.116. The first-order valence-corrected chi connectivity index (χ1v) is 1.93. The number of hydrazine groups is 1. The SMILES string of the molecule is O=CN1C=C[B]N1. The molecule has 0 spiro atoms. The highest BCUT2D eigenvalue weighted by atomic mass is 16.1. The predicted octanol–water partition coefficient (Wildman–Crippen LogP) is -0.947. The standard InChI is InChI=1S/C3H4BN2O/c7-3-6-2-1-4-5-6/h1-3,5H. The van der Waals surface area contributed by atoms with E-state index in [0.29, 0.717) is 6.41 Å². The smallest absolute Gasteiger partial charge is 0.264 e. The second-order valence-corrected chi connectivity index (χ2v) is 1.15. The summed E-state index contributed by atoms with van der Waals surface area (Å²) < 4.78 is 0. The largest absolute Gasteiger partial charge is 0.277 e. The first kappa shape index (κ1) is 4.40. The van der Waals surface area contributed by atoms with Gasteiger partial charge in [-0.1, -0.05) is 5.98 Å². The minimum Gasteiger partial charge on any atom is -0.277 e. The van der Waals surface area contributed by atoms with Crippen LogP contribution in [0.1, 0.15) is 0 Å². The summed E-state index contributed by atoms with van der Waals surface area (Å²) in [5, 5.41) is 3.95. The van der Waals surface area contributed by atoms with Crippen molar-refractivity contribution in [1.82, 2.24) is 10.3 Å². The maximum atomic E-state index is 9.80. The number of carbonyl (C=O) groups is 1. The third kappa shape index (κ3) is 0.808. The molecule has 0 aromatic carbocycles. The molecule has 0 atom stereocenters. The van der Waals surface area contributed by atoms with E-state index < -0.39 is 0 Å². The van der Waals surface area contributed by atoms with Gasteiger partial charge < -0.3 is 0 Å². The van der Waals surface area contributed by atoms with Gasteiger partial charge in [0.15, 0.2) is 0 Å². The van der Waals surface area contributed by atoms with Crippen LogP contribution in [0.4, 0.5) is 0 Å². The van der Waals surface area contributed by atoms with Crippen LogP contribution in [0.15, 0.2) is 12.2 Å². The zero-order chi connectivity index (χ0) is 5.11. The maximum Gasteiger partial charge on any atom is 0.264 e. The second kappa shape index (κ2) is 1.79. The molecule has 0 aromatic heterocycles. The fraction of sp³-hybridized carbons (Fsp3) is 0. The molecular formula is C3H4BN2O. The van der Waals surface area contributed by atoms with Gasteiger partial charge >= 0.3 is 0 Å². The summed E-state index contributed by atoms with van der Waals surface area (Å²) in [5.74, 6) is 1.74. The average molecular weight is 94.9 g/mol. The number of carbonyl (C=O) groups excluding carboxylic acids is 1. The molecule has 0 bridgehead atoms. The van der Waals surface area contributed by atoms with Crippen LogP contribution in [0.25, 0.3) is 0 Å². The third-order valence-corrected chi connectivity index (χ3v) is 0.680. The van der Waals surface area contributed by atoms with Gasteiger partial charge in [0.2, 0.25) is 6.41 Å². The first-order valence-electron chi connectivity index (χ1n) is 1.93. The Morgan fingerprint density at radius 2 is 2.71 bits per heavy atom. The van der Waals surface area contributed by atoms with Gasteiger partial charge in [0.1, 0.15) is 0 Å². The van der Waals surface area contributed by atoms with Crippen LogP contribution in [0, 0.1) is 0 Å². The van der Waals surface area contributed by atoms with E-state index in [4.69, 9.17) is 0 Å². The van der Waals surface area contributed by atoms with Crippen molar-refractivity contribution in [3.05, 3.63) is 12.2 Å². The van der Waals surface area contributed by atoms with E-state index in [0.717, 1.165) is 0 Å². The van der Waals surface area contributed by atoms with E-state index >= 15 is 0 Å². The lowest BCUT2D eigenvalue weighted by atomic mass is 10.00. The Bertz CT molecular complexity index is 103. The average Bonchev–Trinajstić information content (AvgIpc) is 2.14. The van der Waals surface area contributed by atoms with Crippen molar-refractivity contribution in [3.8, 4) is 0 Å².